The molecule has 0 fully saturated rings. The minimum absolute atomic E-state index is 0.0464. The fraction of sp³-hybridized carbons (Fsp3) is 0.538. The van der Waals surface area contributed by atoms with Crippen molar-refractivity contribution in [3.63, 3.8) is 0 Å². The van der Waals surface area contributed by atoms with Crippen molar-refractivity contribution in [3.05, 3.63) is 23.9 Å². The number of hydrogen-bond acceptors (Lipinski definition) is 4. The number of nitrogens with two attached hydrogens (primary N) is 1. The summed E-state index contributed by atoms with van der Waals surface area (Å²) in [5.41, 5.74) is 2.88. The van der Waals surface area contributed by atoms with Crippen molar-refractivity contribution in [1.29, 1.82) is 0 Å². The predicted octanol–water partition coefficient (Wildman–Crippen LogP) is 1.88. The Morgan fingerprint density at radius 3 is 2.78 bits per heavy atom. The highest BCUT2D eigenvalue weighted by Crippen LogP contribution is 2.10. The molecule has 1 amide bonds. The molecule has 0 bridgehead atoms. The molecular formula is C13H22N4O. The van der Waals surface area contributed by atoms with Crippen molar-refractivity contribution in [2.45, 2.75) is 27.2 Å². The molecule has 3 N–H and O–H groups in total. The maximum absolute atomic E-state index is 12.3. The van der Waals surface area contributed by atoms with Gasteiger partial charge in [-0.3, -0.25) is 4.79 Å². The molecule has 1 aromatic rings. The number of hydrazine groups is 1. The van der Waals surface area contributed by atoms with Crippen molar-refractivity contribution in [1.82, 2.24) is 9.88 Å². The van der Waals surface area contributed by atoms with E-state index < -0.39 is 0 Å². The van der Waals surface area contributed by atoms with Gasteiger partial charge in [0.1, 0.15) is 11.5 Å². The molecule has 0 spiro atoms. The molecular weight excluding hydrogens is 228 g/mol. The van der Waals surface area contributed by atoms with Gasteiger partial charge in [0.25, 0.3) is 5.91 Å². The van der Waals surface area contributed by atoms with E-state index in [4.69, 9.17) is 5.84 Å². The van der Waals surface area contributed by atoms with Gasteiger partial charge in [-0.2, -0.15) is 0 Å². The fourth-order valence-electron chi connectivity index (χ4n) is 1.66. The Balaban J connectivity index is 2.82. The van der Waals surface area contributed by atoms with Gasteiger partial charge >= 0.3 is 0 Å². The monoisotopic (exact) mass is 250 g/mol. The fourth-order valence-corrected chi connectivity index (χ4v) is 1.66. The Bertz CT molecular complexity index is 394. The van der Waals surface area contributed by atoms with Gasteiger partial charge in [0.2, 0.25) is 0 Å². The van der Waals surface area contributed by atoms with Gasteiger partial charge < -0.3 is 10.3 Å². The second-order valence-electron chi connectivity index (χ2n) is 4.41. The lowest BCUT2D eigenvalue weighted by molar-refractivity contribution is 0.0735. The summed E-state index contributed by atoms with van der Waals surface area (Å²) in [6.07, 6.45) is 1.06. The van der Waals surface area contributed by atoms with E-state index in [1.54, 1.807) is 18.2 Å². The zero-order valence-corrected chi connectivity index (χ0v) is 11.3. The zero-order valence-electron chi connectivity index (χ0n) is 11.3. The molecule has 0 saturated carbocycles. The molecule has 0 aromatic carbocycles. The normalized spacial score (nSPS) is 12.0. The maximum Gasteiger partial charge on any atom is 0.272 e. The summed E-state index contributed by atoms with van der Waals surface area (Å²) in [5.74, 6) is 6.24. The molecule has 0 aliphatic carbocycles. The van der Waals surface area contributed by atoms with Gasteiger partial charge in [0.05, 0.1) is 0 Å². The van der Waals surface area contributed by atoms with Crippen LogP contribution in [0.15, 0.2) is 18.2 Å². The van der Waals surface area contributed by atoms with Crippen LogP contribution in [0.5, 0.6) is 0 Å². The quantitative estimate of drug-likeness (QED) is 0.597. The molecule has 1 unspecified atom stereocenters. The number of carbonyl (C=O) groups excluding carboxylic acids is 1. The highest BCUT2D eigenvalue weighted by Gasteiger charge is 2.17. The van der Waals surface area contributed by atoms with Crippen LogP contribution in [-0.4, -0.2) is 28.9 Å². The molecule has 0 radical (unpaired) electrons. The van der Waals surface area contributed by atoms with Crippen molar-refractivity contribution in [2.75, 3.05) is 18.5 Å². The summed E-state index contributed by atoms with van der Waals surface area (Å²) in [5, 5.41) is 0. The van der Waals surface area contributed by atoms with Gasteiger partial charge in [-0.05, 0) is 25.0 Å². The lowest BCUT2D eigenvalue weighted by Crippen LogP contribution is -2.35. The number of anilines is 1. The first kappa shape index (κ1) is 14.4. The van der Waals surface area contributed by atoms with Crippen LogP contribution < -0.4 is 11.3 Å². The van der Waals surface area contributed by atoms with Gasteiger partial charge in [-0.15, -0.1) is 0 Å². The van der Waals surface area contributed by atoms with Gasteiger partial charge in [0, 0.05) is 13.1 Å². The predicted molar refractivity (Wildman–Crippen MR) is 73.1 cm³/mol. The van der Waals surface area contributed by atoms with Gasteiger partial charge in [-0.25, -0.2) is 10.8 Å². The number of hydrogen-bond donors (Lipinski definition) is 2. The number of amides is 1. The number of nitrogen functional groups attached to an aromatic ring is 1. The molecule has 1 atom stereocenters. The van der Waals surface area contributed by atoms with E-state index in [2.05, 4.69) is 24.3 Å². The first-order chi connectivity index (χ1) is 8.62. The topological polar surface area (TPSA) is 71.2 Å². The number of rotatable bonds is 6. The molecule has 0 aliphatic rings. The second-order valence-corrected chi connectivity index (χ2v) is 4.41. The zero-order chi connectivity index (χ0) is 13.5. The van der Waals surface area contributed by atoms with Crippen LogP contribution in [0, 0.1) is 5.92 Å². The van der Waals surface area contributed by atoms with Crippen molar-refractivity contribution >= 4 is 11.7 Å². The Morgan fingerprint density at radius 2 is 2.22 bits per heavy atom. The summed E-state index contributed by atoms with van der Waals surface area (Å²) >= 11 is 0. The molecule has 18 heavy (non-hydrogen) atoms. The molecule has 1 aromatic heterocycles. The Labute approximate surface area is 108 Å². The van der Waals surface area contributed by atoms with Crippen LogP contribution >= 0.6 is 0 Å². The second kappa shape index (κ2) is 6.96. The molecule has 0 saturated heterocycles. The van der Waals surface area contributed by atoms with Crippen LogP contribution in [0.25, 0.3) is 0 Å². The summed E-state index contributed by atoms with van der Waals surface area (Å²) in [6, 6.07) is 5.21. The molecule has 5 nitrogen and oxygen atoms in total. The van der Waals surface area contributed by atoms with Crippen molar-refractivity contribution < 1.29 is 4.79 Å². The lowest BCUT2D eigenvalue weighted by atomic mass is 10.1. The van der Waals surface area contributed by atoms with Crippen LogP contribution in [0.4, 0.5) is 5.82 Å². The van der Waals surface area contributed by atoms with Crippen molar-refractivity contribution in [2.24, 2.45) is 11.8 Å². The average Bonchev–Trinajstić information content (AvgIpc) is 2.43. The minimum atomic E-state index is -0.0464. The Hall–Kier alpha value is -1.62. The number of aromatic nitrogens is 1. The van der Waals surface area contributed by atoms with Crippen LogP contribution in [0.1, 0.15) is 37.7 Å². The molecule has 1 heterocycles. The number of pyridine rings is 1. The first-order valence-electron chi connectivity index (χ1n) is 6.35. The molecule has 5 heteroatoms. The average molecular weight is 250 g/mol. The largest absolute Gasteiger partial charge is 0.337 e. The van der Waals surface area contributed by atoms with Crippen molar-refractivity contribution in [3.8, 4) is 0 Å². The number of nitrogens with zero attached hydrogens (tertiary/aromatic N) is 2. The highest BCUT2D eigenvalue weighted by atomic mass is 16.2. The third kappa shape index (κ3) is 3.70. The summed E-state index contributed by atoms with van der Waals surface area (Å²) in [6.45, 7) is 7.69. The number of nitrogens with one attached hydrogen (secondary N) is 1. The lowest BCUT2D eigenvalue weighted by Gasteiger charge is -2.23. The smallest absolute Gasteiger partial charge is 0.272 e. The standard InChI is InChI=1S/C13H22N4O/c1-4-10(3)9-17(5-2)13(18)11-7-6-8-12(15-11)16-14/h6-8,10H,4-5,9,14H2,1-3H3,(H,15,16). The SMILES string of the molecule is CCC(C)CN(CC)C(=O)c1cccc(NN)n1. The summed E-state index contributed by atoms with van der Waals surface area (Å²) < 4.78 is 0. The van der Waals surface area contributed by atoms with E-state index in [9.17, 15) is 4.79 Å². The Kier molecular flexibility index (Phi) is 5.58. The summed E-state index contributed by atoms with van der Waals surface area (Å²) in [7, 11) is 0. The first-order valence-corrected chi connectivity index (χ1v) is 6.35. The third-order valence-corrected chi connectivity index (χ3v) is 3.01. The molecule has 1 rings (SSSR count). The maximum atomic E-state index is 12.3. The van der Waals surface area contributed by atoms with E-state index >= 15 is 0 Å². The van der Waals surface area contributed by atoms with E-state index in [0.29, 0.717) is 24.0 Å². The van der Waals surface area contributed by atoms with Crippen LogP contribution in [0.2, 0.25) is 0 Å². The highest BCUT2D eigenvalue weighted by molar-refractivity contribution is 5.92. The third-order valence-electron chi connectivity index (χ3n) is 3.01. The van der Waals surface area contributed by atoms with E-state index in [1.807, 2.05) is 11.8 Å². The van der Waals surface area contributed by atoms with E-state index in [1.165, 1.54) is 0 Å². The molecule has 100 valence electrons. The van der Waals surface area contributed by atoms with Gasteiger partial charge in [-0.1, -0.05) is 26.3 Å². The van der Waals surface area contributed by atoms with Crippen LogP contribution in [0.3, 0.4) is 0 Å². The summed E-state index contributed by atoms with van der Waals surface area (Å²) in [4.78, 5) is 18.3. The van der Waals surface area contributed by atoms with E-state index in [0.717, 1.165) is 13.0 Å². The minimum Gasteiger partial charge on any atom is -0.337 e. The Morgan fingerprint density at radius 1 is 1.50 bits per heavy atom. The molecule has 0 aliphatic heterocycles. The van der Waals surface area contributed by atoms with Crippen LogP contribution in [-0.2, 0) is 0 Å². The number of carbonyl (C=O) groups is 1. The van der Waals surface area contributed by atoms with Gasteiger partial charge in [0.15, 0.2) is 0 Å². The van der Waals surface area contributed by atoms with E-state index in [-0.39, 0.29) is 5.91 Å².